The van der Waals surface area contributed by atoms with Crippen LogP contribution in [0, 0.1) is 10.1 Å². The summed E-state index contributed by atoms with van der Waals surface area (Å²) in [6.45, 7) is 0.263. The van der Waals surface area contributed by atoms with E-state index in [2.05, 4.69) is 4.74 Å². The average Bonchev–Trinajstić information content (AvgIpc) is 2.91. The number of benzene rings is 1. The number of carbonyl (C=O) groups excluding carboxylic acids is 2. The zero-order valence-electron chi connectivity index (χ0n) is 14.5. The van der Waals surface area contributed by atoms with Crippen LogP contribution in [0.5, 0.6) is 0 Å². The summed E-state index contributed by atoms with van der Waals surface area (Å²) in [5.74, 6) is -0.634. The van der Waals surface area contributed by atoms with Crippen LogP contribution in [0.2, 0.25) is 0 Å². The Morgan fingerprint density at radius 2 is 1.92 bits per heavy atom. The van der Waals surface area contributed by atoms with Gasteiger partial charge in [0.1, 0.15) is 0 Å². The van der Waals surface area contributed by atoms with Crippen molar-refractivity contribution in [2.45, 2.75) is 51.0 Å². The Balaban J connectivity index is 2.22. The van der Waals surface area contributed by atoms with Gasteiger partial charge in [-0.1, -0.05) is 31.7 Å². The molecule has 7 nitrogen and oxygen atoms in total. The Kier molecular flexibility index (Phi) is 6.91. The van der Waals surface area contributed by atoms with Gasteiger partial charge in [-0.2, -0.15) is 0 Å². The third kappa shape index (κ3) is 5.27. The normalized spacial score (nSPS) is 15.2. The highest BCUT2D eigenvalue weighted by Gasteiger charge is 2.27. The first-order valence-corrected chi connectivity index (χ1v) is 8.65. The smallest absolute Gasteiger partial charge is 0.307 e. The van der Waals surface area contributed by atoms with Gasteiger partial charge in [-0.3, -0.25) is 19.7 Å². The second-order valence-corrected chi connectivity index (χ2v) is 6.28. The van der Waals surface area contributed by atoms with Crippen molar-refractivity contribution in [3.05, 3.63) is 39.9 Å². The minimum absolute atomic E-state index is 0.0546. The monoisotopic (exact) mass is 348 g/mol. The van der Waals surface area contributed by atoms with E-state index in [4.69, 9.17) is 0 Å². The number of carbonyl (C=O) groups is 2. The molecule has 0 radical (unpaired) electrons. The van der Waals surface area contributed by atoms with Gasteiger partial charge in [-0.05, 0) is 18.9 Å². The van der Waals surface area contributed by atoms with E-state index in [1.54, 1.807) is 11.0 Å². The lowest BCUT2D eigenvalue weighted by Crippen LogP contribution is -2.41. The standard InChI is InChI=1S/C18H24N2O5/c1-25-17(21)11-12-19(15-8-4-2-3-5-9-15)18(22)14-7-6-10-16(13-14)20(23)24/h6-7,10,13,15H,2-5,8-9,11-12H2,1H3. The van der Waals surface area contributed by atoms with Crippen LogP contribution in [-0.4, -0.2) is 41.4 Å². The summed E-state index contributed by atoms with van der Waals surface area (Å²) in [6, 6.07) is 5.80. The van der Waals surface area contributed by atoms with E-state index in [0.717, 1.165) is 38.5 Å². The number of nitro benzene ring substituents is 1. The summed E-state index contributed by atoms with van der Waals surface area (Å²) in [6.07, 6.45) is 6.28. The van der Waals surface area contributed by atoms with E-state index in [9.17, 15) is 19.7 Å². The molecule has 7 heteroatoms. The zero-order chi connectivity index (χ0) is 18.2. The molecular formula is C18H24N2O5. The largest absolute Gasteiger partial charge is 0.469 e. The van der Waals surface area contributed by atoms with Gasteiger partial charge in [0.15, 0.2) is 0 Å². The van der Waals surface area contributed by atoms with E-state index < -0.39 is 4.92 Å². The molecule has 0 aromatic heterocycles. The third-order valence-electron chi connectivity index (χ3n) is 4.61. The zero-order valence-corrected chi connectivity index (χ0v) is 14.5. The Labute approximate surface area is 147 Å². The van der Waals surface area contributed by atoms with Crippen molar-refractivity contribution in [1.82, 2.24) is 4.90 Å². The van der Waals surface area contributed by atoms with Crippen LogP contribution in [0.15, 0.2) is 24.3 Å². The number of esters is 1. The molecule has 0 N–H and O–H groups in total. The lowest BCUT2D eigenvalue weighted by Gasteiger charge is -2.31. The van der Waals surface area contributed by atoms with Crippen molar-refractivity contribution in [2.24, 2.45) is 0 Å². The van der Waals surface area contributed by atoms with E-state index in [1.807, 2.05) is 0 Å². The summed E-state index contributed by atoms with van der Waals surface area (Å²) in [5, 5.41) is 11.0. The maximum absolute atomic E-state index is 13.0. The lowest BCUT2D eigenvalue weighted by molar-refractivity contribution is -0.384. The maximum Gasteiger partial charge on any atom is 0.307 e. The van der Waals surface area contributed by atoms with E-state index in [-0.39, 0.29) is 42.1 Å². The van der Waals surface area contributed by atoms with Gasteiger partial charge in [-0.25, -0.2) is 0 Å². The molecule has 25 heavy (non-hydrogen) atoms. The highest BCUT2D eigenvalue weighted by molar-refractivity contribution is 5.95. The maximum atomic E-state index is 13.0. The predicted octanol–water partition coefficient (Wildman–Crippen LogP) is 3.32. The van der Waals surface area contributed by atoms with E-state index >= 15 is 0 Å². The molecule has 1 aliphatic carbocycles. The van der Waals surface area contributed by atoms with Gasteiger partial charge in [0.25, 0.3) is 11.6 Å². The molecule has 1 amide bonds. The molecule has 1 saturated carbocycles. The number of hydrogen-bond acceptors (Lipinski definition) is 5. The van der Waals surface area contributed by atoms with Gasteiger partial charge in [-0.15, -0.1) is 0 Å². The molecular weight excluding hydrogens is 324 g/mol. The third-order valence-corrected chi connectivity index (χ3v) is 4.61. The molecule has 136 valence electrons. The number of non-ortho nitro benzene ring substituents is 1. The number of ether oxygens (including phenoxy) is 1. The fraction of sp³-hybridized carbons (Fsp3) is 0.556. The van der Waals surface area contributed by atoms with Crippen LogP contribution in [0.4, 0.5) is 5.69 Å². The topological polar surface area (TPSA) is 89.8 Å². The summed E-state index contributed by atoms with van der Waals surface area (Å²) >= 11 is 0. The van der Waals surface area contributed by atoms with Crippen LogP contribution in [-0.2, 0) is 9.53 Å². The van der Waals surface area contributed by atoms with Crippen LogP contribution in [0.1, 0.15) is 55.3 Å². The number of nitrogens with zero attached hydrogens (tertiary/aromatic N) is 2. The Morgan fingerprint density at radius 3 is 2.52 bits per heavy atom. The molecule has 1 aromatic rings. The highest BCUT2D eigenvalue weighted by Crippen LogP contribution is 2.24. The molecule has 1 aromatic carbocycles. The van der Waals surface area contributed by atoms with Crippen molar-refractivity contribution in [2.75, 3.05) is 13.7 Å². The summed E-state index contributed by atoms with van der Waals surface area (Å²) in [4.78, 5) is 36.7. The van der Waals surface area contributed by atoms with Gasteiger partial charge in [0.2, 0.25) is 0 Å². The van der Waals surface area contributed by atoms with Crippen LogP contribution < -0.4 is 0 Å². The number of nitro groups is 1. The Morgan fingerprint density at radius 1 is 1.24 bits per heavy atom. The van der Waals surface area contributed by atoms with Gasteiger partial charge in [0.05, 0.1) is 18.5 Å². The highest BCUT2D eigenvalue weighted by atomic mass is 16.6. The summed E-state index contributed by atoms with van der Waals surface area (Å²) in [7, 11) is 1.32. The molecule has 0 unspecified atom stereocenters. The number of hydrogen-bond donors (Lipinski definition) is 0. The number of amides is 1. The van der Waals surface area contributed by atoms with Crippen molar-refractivity contribution >= 4 is 17.6 Å². The fourth-order valence-corrected chi connectivity index (χ4v) is 3.25. The quantitative estimate of drug-likeness (QED) is 0.340. The Hall–Kier alpha value is -2.44. The summed E-state index contributed by atoms with van der Waals surface area (Å²) < 4.78 is 4.68. The molecule has 0 spiro atoms. The first kappa shape index (κ1) is 18.9. The minimum atomic E-state index is -0.513. The van der Waals surface area contributed by atoms with Crippen molar-refractivity contribution in [3.63, 3.8) is 0 Å². The van der Waals surface area contributed by atoms with Gasteiger partial charge < -0.3 is 9.64 Å². The number of methoxy groups -OCH3 is 1. The predicted molar refractivity (Wildman–Crippen MR) is 92.3 cm³/mol. The first-order valence-electron chi connectivity index (χ1n) is 8.65. The van der Waals surface area contributed by atoms with Gasteiger partial charge >= 0.3 is 5.97 Å². The molecule has 0 atom stereocenters. The molecule has 0 saturated heterocycles. The molecule has 0 bridgehead atoms. The van der Waals surface area contributed by atoms with Crippen LogP contribution >= 0.6 is 0 Å². The van der Waals surface area contributed by atoms with Crippen LogP contribution in [0.25, 0.3) is 0 Å². The van der Waals surface area contributed by atoms with E-state index in [0.29, 0.717) is 0 Å². The SMILES string of the molecule is COC(=O)CCN(C(=O)c1cccc([N+](=O)[O-])c1)C1CCCCCC1. The molecule has 1 fully saturated rings. The molecule has 1 aliphatic rings. The summed E-state index contributed by atoms with van der Waals surface area (Å²) in [5.41, 5.74) is 0.169. The lowest BCUT2D eigenvalue weighted by atomic mass is 10.0. The minimum Gasteiger partial charge on any atom is -0.469 e. The molecule has 0 heterocycles. The average molecular weight is 348 g/mol. The van der Waals surface area contributed by atoms with Crippen LogP contribution in [0.3, 0.4) is 0 Å². The van der Waals surface area contributed by atoms with Crippen molar-refractivity contribution in [1.29, 1.82) is 0 Å². The molecule has 2 rings (SSSR count). The fourth-order valence-electron chi connectivity index (χ4n) is 3.25. The van der Waals surface area contributed by atoms with Crippen molar-refractivity contribution in [3.8, 4) is 0 Å². The molecule has 0 aliphatic heterocycles. The first-order chi connectivity index (χ1) is 12.0. The van der Waals surface area contributed by atoms with Crippen molar-refractivity contribution < 1.29 is 19.2 Å². The number of rotatable bonds is 6. The second-order valence-electron chi connectivity index (χ2n) is 6.28. The van der Waals surface area contributed by atoms with Gasteiger partial charge in [0, 0.05) is 30.3 Å². The Bertz CT molecular complexity index is 624. The second kappa shape index (κ2) is 9.15. The van der Waals surface area contributed by atoms with E-state index in [1.165, 1.54) is 25.3 Å².